The predicted molar refractivity (Wildman–Crippen MR) is 121 cm³/mol. The third-order valence-corrected chi connectivity index (χ3v) is 7.70. The second kappa shape index (κ2) is 9.16. The van der Waals surface area contributed by atoms with Gasteiger partial charge < -0.3 is 15.0 Å². The summed E-state index contributed by atoms with van der Waals surface area (Å²) in [5.74, 6) is 0.327. The highest BCUT2D eigenvalue weighted by molar-refractivity contribution is 5.82. The number of aromatic nitrogens is 2. The van der Waals surface area contributed by atoms with Gasteiger partial charge in [0.15, 0.2) is 0 Å². The zero-order valence-electron chi connectivity index (χ0n) is 18.4. The first-order chi connectivity index (χ1) is 15.7. The maximum atomic E-state index is 13.5. The van der Waals surface area contributed by atoms with Crippen LogP contribution in [0.25, 0.3) is 0 Å². The van der Waals surface area contributed by atoms with Crippen molar-refractivity contribution in [1.82, 2.24) is 19.8 Å². The van der Waals surface area contributed by atoms with Gasteiger partial charge in [0, 0.05) is 56.0 Å². The maximum absolute atomic E-state index is 13.5. The molecule has 0 unspecified atom stereocenters. The van der Waals surface area contributed by atoms with Crippen molar-refractivity contribution in [2.24, 2.45) is 17.8 Å². The summed E-state index contributed by atoms with van der Waals surface area (Å²) in [6.45, 7) is 1.67. The minimum absolute atomic E-state index is 0.00946. The minimum atomic E-state index is -0.440. The summed E-state index contributed by atoms with van der Waals surface area (Å²) in [5.41, 5.74) is 1.79. The largest absolute Gasteiger partial charge is 0.396 e. The highest BCUT2D eigenvalue weighted by Gasteiger charge is 2.55. The van der Waals surface area contributed by atoms with E-state index < -0.39 is 6.04 Å². The molecule has 0 radical (unpaired) electrons. The fourth-order valence-electron chi connectivity index (χ4n) is 6.15. The highest BCUT2D eigenvalue weighted by Crippen LogP contribution is 2.49. The van der Waals surface area contributed by atoms with Crippen molar-refractivity contribution in [2.75, 3.05) is 13.2 Å². The standard InChI is InChI=1S/C25H32N4O3/c30-16-20-19-15-28-21(10-6-11-22(28)31)23(19)29(14-18-9-4-5-12-26-18)24(20)25(32)27-13-17-7-2-1-3-8-17/h4-6,9-12,17,19-20,23-24,30H,1-3,7-8,13-16H2,(H,27,32)/t19-,20-,23+,24-/m1/s1. The van der Waals surface area contributed by atoms with Gasteiger partial charge in [-0.05, 0) is 37.0 Å². The van der Waals surface area contributed by atoms with Crippen LogP contribution in [0.5, 0.6) is 0 Å². The Hall–Kier alpha value is -2.51. The van der Waals surface area contributed by atoms with Crippen LogP contribution >= 0.6 is 0 Å². The number of aliphatic hydroxyl groups is 1. The summed E-state index contributed by atoms with van der Waals surface area (Å²) in [5, 5.41) is 13.6. The second-order valence-corrected chi connectivity index (χ2v) is 9.54. The molecule has 0 bridgehead atoms. The summed E-state index contributed by atoms with van der Waals surface area (Å²) in [6, 6.07) is 10.6. The van der Waals surface area contributed by atoms with Gasteiger partial charge in [-0.3, -0.25) is 19.5 Å². The number of amides is 1. The van der Waals surface area contributed by atoms with Crippen molar-refractivity contribution in [3.05, 3.63) is 64.3 Å². The van der Waals surface area contributed by atoms with Gasteiger partial charge in [0.1, 0.15) is 0 Å². The zero-order chi connectivity index (χ0) is 22.1. The van der Waals surface area contributed by atoms with E-state index in [1.165, 1.54) is 32.1 Å². The van der Waals surface area contributed by atoms with Crippen molar-refractivity contribution in [3.63, 3.8) is 0 Å². The molecule has 7 heteroatoms. The number of fused-ring (bicyclic) bond motifs is 3. The minimum Gasteiger partial charge on any atom is -0.396 e. The molecule has 1 amide bonds. The van der Waals surface area contributed by atoms with Crippen LogP contribution in [-0.4, -0.2) is 44.7 Å². The Kier molecular flexibility index (Phi) is 6.11. The van der Waals surface area contributed by atoms with Gasteiger partial charge in [0.05, 0.1) is 17.8 Å². The molecule has 1 aliphatic carbocycles. The molecule has 2 aromatic rings. The Labute approximate surface area is 188 Å². The summed E-state index contributed by atoms with van der Waals surface area (Å²) in [6.07, 6.45) is 7.88. The Morgan fingerprint density at radius 1 is 1.12 bits per heavy atom. The van der Waals surface area contributed by atoms with Gasteiger partial charge in [0.25, 0.3) is 5.56 Å². The van der Waals surface area contributed by atoms with Crippen LogP contribution in [-0.2, 0) is 17.9 Å². The first kappa shape index (κ1) is 21.3. The third kappa shape index (κ3) is 3.88. The molecular weight excluding hydrogens is 404 g/mol. The molecule has 1 saturated heterocycles. The van der Waals surface area contributed by atoms with E-state index in [1.54, 1.807) is 22.9 Å². The Balaban J connectivity index is 1.45. The van der Waals surface area contributed by atoms with Gasteiger partial charge in [-0.25, -0.2) is 0 Å². The molecule has 0 spiro atoms. The number of nitrogens with one attached hydrogen (secondary N) is 1. The van der Waals surface area contributed by atoms with Gasteiger partial charge in [-0.15, -0.1) is 0 Å². The molecule has 32 heavy (non-hydrogen) atoms. The van der Waals surface area contributed by atoms with E-state index in [0.717, 1.165) is 11.4 Å². The van der Waals surface area contributed by atoms with E-state index >= 15 is 0 Å². The lowest BCUT2D eigenvalue weighted by atomic mass is 9.87. The lowest BCUT2D eigenvalue weighted by Crippen LogP contribution is -2.49. The molecule has 0 aromatic carbocycles. The van der Waals surface area contributed by atoms with E-state index in [0.29, 0.717) is 25.6 Å². The van der Waals surface area contributed by atoms with E-state index in [2.05, 4.69) is 15.2 Å². The molecule has 4 heterocycles. The Bertz CT molecular complexity index is 1000. The average molecular weight is 437 g/mol. The topological polar surface area (TPSA) is 87.5 Å². The molecule has 2 aliphatic heterocycles. The maximum Gasteiger partial charge on any atom is 0.250 e. The van der Waals surface area contributed by atoms with Crippen LogP contribution in [0.1, 0.15) is 49.5 Å². The molecule has 4 atom stereocenters. The molecule has 2 fully saturated rings. The number of aliphatic hydroxyl groups excluding tert-OH is 1. The lowest BCUT2D eigenvalue weighted by molar-refractivity contribution is -0.128. The zero-order valence-corrected chi connectivity index (χ0v) is 18.4. The van der Waals surface area contributed by atoms with Crippen molar-refractivity contribution < 1.29 is 9.90 Å². The van der Waals surface area contributed by atoms with Crippen LogP contribution in [0.2, 0.25) is 0 Å². The molecule has 170 valence electrons. The van der Waals surface area contributed by atoms with E-state index in [-0.39, 0.29) is 36.0 Å². The number of nitrogens with zero attached hydrogens (tertiary/aromatic N) is 3. The van der Waals surface area contributed by atoms with Crippen LogP contribution in [0, 0.1) is 17.8 Å². The van der Waals surface area contributed by atoms with Gasteiger partial charge in [0.2, 0.25) is 5.91 Å². The fraction of sp³-hybridized carbons (Fsp3) is 0.560. The van der Waals surface area contributed by atoms with E-state index in [1.807, 2.05) is 24.3 Å². The van der Waals surface area contributed by atoms with Gasteiger partial charge in [-0.1, -0.05) is 31.4 Å². The summed E-state index contributed by atoms with van der Waals surface area (Å²) in [7, 11) is 0. The monoisotopic (exact) mass is 436 g/mol. The number of rotatable bonds is 6. The summed E-state index contributed by atoms with van der Waals surface area (Å²) >= 11 is 0. The van der Waals surface area contributed by atoms with Crippen LogP contribution < -0.4 is 10.9 Å². The molecule has 3 aliphatic rings. The number of hydrogen-bond donors (Lipinski definition) is 2. The number of likely N-dealkylation sites (tertiary alicyclic amines) is 1. The Morgan fingerprint density at radius 2 is 1.97 bits per heavy atom. The Morgan fingerprint density at radius 3 is 2.72 bits per heavy atom. The van der Waals surface area contributed by atoms with Gasteiger partial charge in [-0.2, -0.15) is 0 Å². The fourth-order valence-corrected chi connectivity index (χ4v) is 6.15. The molecule has 2 N–H and O–H groups in total. The predicted octanol–water partition coefficient (Wildman–Crippen LogP) is 2.10. The molecule has 5 rings (SSSR count). The first-order valence-electron chi connectivity index (χ1n) is 11.9. The van der Waals surface area contributed by atoms with Crippen molar-refractivity contribution in [1.29, 1.82) is 0 Å². The number of hydrogen-bond acceptors (Lipinski definition) is 5. The van der Waals surface area contributed by atoms with Crippen molar-refractivity contribution in [3.8, 4) is 0 Å². The van der Waals surface area contributed by atoms with E-state index in [9.17, 15) is 14.7 Å². The average Bonchev–Trinajstić information content (AvgIpc) is 3.35. The van der Waals surface area contributed by atoms with Crippen molar-refractivity contribution >= 4 is 5.91 Å². The second-order valence-electron chi connectivity index (χ2n) is 9.54. The quantitative estimate of drug-likeness (QED) is 0.724. The number of carbonyl (C=O) groups is 1. The highest BCUT2D eigenvalue weighted by atomic mass is 16.3. The molecule has 1 saturated carbocycles. The smallest absolute Gasteiger partial charge is 0.250 e. The number of pyridine rings is 2. The van der Waals surface area contributed by atoms with E-state index in [4.69, 9.17) is 0 Å². The molecule has 2 aromatic heterocycles. The van der Waals surface area contributed by atoms with Crippen LogP contribution in [0.3, 0.4) is 0 Å². The molecule has 7 nitrogen and oxygen atoms in total. The van der Waals surface area contributed by atoms with Gasteiger partial charge >= 0.3 is 0 Å². The normalized spacial score (nSPS) is 27.8. The summed E-state index contributed by atoms with van der Waals surface area (Å²) in [4.78, 5) is 32.7. The lowest BCUT2D eigenvalue weighted by Gasteiger charge is -2.31. The summed E-state index contributed by atoms with van der Waals surface area (Å²) < 4.78 is 1.81. The third-order valence-electron chi connectivity index (χ3n) is 7.70. The number of carbonyl (C=O) groups excluding carboxylic acids is 1. The van der Waals surface area contributed by atoms with Crippen molar-refractivity contribution in [2.45, 2.75) is 57.3 Å². The SMILES string of the molecule is O=C(NCC1CCCCC1)[C@H]1[C@H](CO)[C@H]2Cn3c(cccc3=O)[C@H]2N1Cc1ccccn1. The molecular formula is C25H32N4O3. The first-order valence-corrected chi connectivity index (χ1v) is 11.9. The van der Waals surface area contributed by atoms with Crippen LogP contribution in [0.4, 0.5) is 0 Å². The van der Waals surface area contributed by atoms with Crippen LogP contribution in [0.15, 0.2) is 47.4 Å².